The molecule has 0 saturated carbocycles. The number of fused-ring (bicyclic) bond motifs is 1. The van der Waals surface area contributed by atoms with E-state index in [4.69, 9.17) is 33.9 Å². The van der Waals surface area contributed by atoms with E-state index in [1.165, 1.54) is 43.2 Å². The number of hydrogen-bond acceptors (Lipinski definition) is 4. The van der Waals surface area contributed by atoms with Gasteiger partial charge >= 0.3 is 0 Å². The van der Waals surface area contributed by atoms with Crippen LogP contribution in [0, 0.1) is 0 Å². The normalized spacial score (nSPS) is 14.7. The Morgan fingerprint density at radius 2 is 1.57 bits per heavy atom. The molecule has 1 aliphatic rings. The lowest BCUT2D eigenvalue weighted by Gasteiger charge is -2.23. The van der Waals surface area contributed by atoms with Crippen LogP contribution in [-0.2, 0) is 13.1 Å². The molecule has 35 heavy (non-hydrogen) atoms. The summed E-state index contributed by atoms with van der Waals surface area (Å²) in [6.07, 6.45) is 9.79. The summed E-state index contributed by atoms with van der Waals surface area (Å²) in [5, 5.41) is 8.19. The van der Waals surface area contributed by atoms with Crippen molar-refractivity contribution in [3.63, 3.8) is 0 Å². The van der Waals surface area contributed by atoms with Crippen LogP contribution in [0.4, 0.5) is 0 Å². The van der Waals surface area contributed by atoms with Gasteiger partial charge in [0.25, 0.3) is 0 Å². The van der Waals surface area contributed by atoms with Gasteiger partial charge in [-0.2, -0.15) is 0 Å². The first-order valence-corrected chi connectivity index (χ1v) is 14.0. The molecule has 0 amide bonds. The van der Waals surface area contributed by atoms with E-state index in [1.807, 2.05) is 12.1 Å². The highest BCUT2D eigenvalue weighted by atomic mass is 35.5. The molecule has 7 heteroatoms. The highest BCUT2D eigenvalue weighted by Gasteiger charge is 2.23. The molecule has 3 aromatic rings. The smallest absolute Gasteiger partial charge is 0.113 e. The number of hydrogen-bond donors (Lipinski definition) is 3. The van der Waals surface area contributed by atoms with E-state index in [1.54, 1.807) is 0 Å². The van der Waals surface area contributed by atoms with Crippen LogP contribution in [0.1, 0.15) is 74.2 Å². The third-order valence-corrected chi connectivity index (χ3v) is 7.75. The topological polar surface area (TPSA) is 67.9 Å². The van der Waals surface area contributed by atoms with Crippen molar-refractivity contribution in [2.75, 3.05) is 26.2 Å². The fraction of sp³-hybridized carbons (Fsp3) is 0.536. The van der Waals surface area contributed by atoms with Gasteiger partial charge in [0.1, 0.15) is 5.82 Å². The summed E-state index contributed by atoms with van der Waals surface area (Å²) in [4.78, 5) is 5.01. The first-order valence-electron chi connectivity index (χ1n) is 13.2. The quantitative estimate of drug-likeness (QED) is 0.235. The van der Waals surface area contributed by atoms with Gasteiger partial charge in [0.2, 0.25) is 0 Å². The van der Waals surface area contributed by atoms with Crippen LogP contribution in [0.2, 0.25) is 10.0 Å². The fourth-order valence-corrected chi connectivity index (χ4v) is 5.29. The Morgan fingerprint density at radius 3 is 2.31 bits per heavy atom. The maximum Gasteiger partial charge on any atom is 0.113 e. The summed E-state index contributed by atoms with van der Waals surface area (Å²) in [5.41, 5.74) is 10.1. The van der Waals surface area contributed by atoms with Crippen molar-refractivity contribution in [3.05, 3.63) is 63.4 Å². The molecule has 2 aromatic carbocycles. The summed E-state index contributed by atoms with van der Waals surface area (Å²) in [5.74, 6) is 1.60. The maximum atomic E-state index is 6.39. The Kier molecular flexibility index (Phi) is 10.3. The molecule has 1 saturated heterocycles. The fourth-order valence-electron chi connectivity index (χ4n) is 4.98. The molecule has 190 valence electrons. The van der Waals surface area contributed by atoms with Crippen molar-refractivity contribution in [1.29, 1.82) is 0 Å². The van der Waals surface area contributed by atoms with Gasteiger partial charge < -0.3 is 20.9 Å². The van der Waals surface area contributed by atoms with Gasteiger partial charge in [0.05, 0.1) is 21.1 Å². The van der Waals surface area contributed by atoms with E-state index in [9.17, 15) is 0 Å². The summed E-state index contributed by atoms with van der Waals surface area (Å²) >= 11 is 12.7. The predicted octanol–water partition coefficient (Wildman–Crippen LogP) is 6.25. The van der Waals surface area contributed by atoms with Gasteiger partial charge in [0, 0.05) is 19.0 Å². The first-order chi connectivity index (χ1) is 17.2. The van der Waals surface area contributed by atoms with Gasteiger partial charge in [-0.1, -0.05) is 73.2 Å². The molecule has 2 heterocycles. The largest absolute Gasteiger partial charge is 0.330 e. The monoisotopic (exact) mass is 515 g/mol. The van der Waals surface area contributed by atoms with Gasteiger partial charge in [0.15, 0.2) is 0 Å². The van der Waals surface area contributed by atoms with Gasteiger partial charge in [-0.05, 0) is 75.1 Å². The molecule has 0 unspecified atom stereocenters. The van der Waals surface area contributed by atoms with E-state index in [2.05, 4.69) is 39.5 Å². The first kappa shape index (κ1) is 26.4. The van der Waals surface area contributed by atoms with Crippen LogP contribution in [0.3, 0.4) is 0 Å². The number of piperidine rings is 1. The van der Waals surface area contributed by atoms with Crippen molar-refractivity contribution in [2.24, 2.45) is 5.73 Å². The lowest BCUT2D eigenvalue weighted by atomic mass is 9.97. The van der Waals surface area contributed by atoms with Crippen LogP contribution >= 0.6 is 23.2 Å². The van der Waals surface area contributed by atoms with E-state index < -0.39 is 0 Å². The number of nitrogens with two attached hydrogens (primary N) is 1. The van der Waals surface area contributed by atoms with E-state index in [0.717, 1.165) is 75.4 Å². The highest BCUT2D eigenvalue weighted by Crippen LogP contribution is 2.33. The number of rotatable bonds is 13. The van der Waals surface area contributed by atoms with Gasteiger partial charge in [-0.25, -0.2) is 4.98 Å². The Labute approximate surface area is 219 Å². The van der Waals surface area contributed by atoms with Crippen LogP contribution < -0.4 is 16.4 Å². The molecular weight excluding hydrogens is 477 g/mol. The lowest BCUT2D eigenvalue weighted by molar-refractivity contribution is 0.435. The second-order valence-corrected chi connectivity index (χ2v) is 10.6. The number of unbranched alkanes of at least 4 members (excludes halogenated alkanes) is 5. The SMILES string of the molecule is NCCCCCCCCNCc1ccc(Cn2c(C3CCNCC3)nc3cc(Cl)c(Cl)cc32)cc1. The van der Waals surface area contributed by atoms with E-state index >= 15 is 0 Å². The van der Waals surface area contributed by atoms with E-state index in [0.29, 0.717) is 16.0 Å². The number of nitrogens with one attached hydrogen (secondary N) is 2. The van der Waals surface area contributed by atoms with Gasteiger partial charge in [-0.3, -0.25) is 0 Å². The summed E-state index contributed by atoms with van der Waals surface area (Å²) in [6, 6.07) is 12.8. The Balaban J connectivity index is 1.36. The molecule has 0 radical (unpaired) electrons. The van der Waals surface area contributed by atoms with Crippen LogP contribution in [0.5, 0.6) is 0 Å². The molecule has 4 rings (SSSR count). The van der Waals surface area contributed by atoms with Crippen LogP contribution in [0.25, 0.3) is 11.0 Å². The molecule has 0 atom stereocenters. The molecule has 1 fully saturated rings. The molecule has 0 aliphatic carbocycles. The highest BCUT2D eigenvalue weighted by molar-refractivity contribution is 6.42. The molecule has 1 aromatic heterocycles. The van der Waals surface area contributed by atoms with Crippen molar-refractivity contribution in [3.8, 4) is 0 Å². The van der Waals surface area contributed by atoms with Crippen molar-refractivity contribution >= 4 is 34.2 Å². The lowest BCUT2D eigenvalue weighted by Crippen LogP contribution is -2.28. The van der Waals surface area contributed by atoms with E-state index in [-0.39, 0.29) is 0 Å². The van der Waals surface area contributed by atoms with Crippen LogP contribution in [-0.4, -0.2) is 35.7 Å². The average molecular weight is 517 g/mol. The summed E-state index contributed by atoms with van der Waals surface area (Å²) < 4.78 is 2.34. The summed E-state index contributed by atoms with van der Waals surface area (Å²) in [7, 11) is 0. The average Bonchev–Trinajstić information content (AvgIpc) is 3.21. The number of imidazole rings is 1. The third-order valence-electron chi connectivity index (χ3n) is 7.02. The Bertz CT molecular complexity index is 1060. The molecule has 4 N–H and O–H groups in total. The molecule has 1 aliphatic heterocycles. The zero-order valence-corrected chi connectivity index (χ0v) is 22.2. The van der Waals surface area contributed by atoms with Gasteiger partial charge in [-0.15, -0.1) is 0 Å². The molecule has 5 nitrogen and oxygen atoms in total. The van der Waals surface area contributed by atoms with Crippen molar-refractivity contribution in [2.45, 2.75) is 70.4 Å². The maximum absolute atomic E-state index is 6.39. The standard InChI is InChI=1S/C28H39Cl2N5/c29-24-17-26-27(18-25(24)30)35(28(34-26)23-11-15-32-16-12-23)20-22-9-7-21(8-10-22)19-33-14-6-4-2-1-3-5-13-31/h7-10,17-18,23,32-33H,1-6,11-16,19-20,31H2. The number of halogens is 2. The number of aromatic nitrogens is 2. The molecule has 0 spiro atoms. The Morgan fingerprint density at radius 1 is 0.914 bits per heavy atom. The predicted molar refractivity (Wildman–Crippen MR) is 149 cm³/mol. The minimum absolute atomic E-state index is 0.449. The minimum Gasteiger partial charge on any atom is -0.330 e. The Hall–Kier alpha value is -1.63. The van der Waals surface area contributed by atoms with Crippen molar-refractivity contribution in [1.82, 2.24) is 20.2 Å². The zero-order chi connectivity index (χ0) is 24.5. The third kappa shape index (κ3) is 7.43. The zero-order valence-electron chi connectivity index (χ0n) is 20.7. The number of benzene rings is 2. The summed E-state index contributed by atoms with van der Waals surface area (Å²) in [6.45, 7) is 5.66. The number of nitrogens with zero attached hydrogens (tertiary/aromatic N) is 2. The molecular formula is C28H39Cl2N5. The second kappa shape index (κ2) is 13.6. The second-order valence-electron chi connectivity index (χ2n) is 9.74. The van der Waals surface area contributed by atoms with Crippen molar-refractivity contribution < 1.29 is 0 Å². The minimum atomic E-state index is 0.449. The molecule has 0 bridgehead atoms. The van der Waals surface area contributed by atoms with Crippen LogP contribution in [0.15, 0.2) is 36.4 Å².